The van der Waals surface area contributed by atoms with E-state index < -0.39 is 64.4 Å². The summed E-state index contributed by atoms with van der Waals surface area (Å²) in [7, 11) is 4.66. The van der Waals surface area contributed by atoms with Gasteiger partial charge in [-0.2, -0.15) is 0 Å². The zero-order valence-electron chi connectivity index (χ0n) is 27.9. The lowest BCUT2D eigenvalue weighted by Crippen LogP contribution is -2.74. The second kappa shape index (κ2) is 14.3. The number of nitrogens with one attached hydrogen (secondary N) is 1. The SMILES string of the molecule is CCCCOCCCNCc1ccc(OC)c(-c2ccc(O)c3c2CC2CC4C(N(C)C)C(=O)C(C(N)=O)C(=O)C4(O)C(=O)C2C3=O)c1. The molecule has 2 aromatic carbocycles. The number of methoxy groups -OCH3 is 1. The Balaban J connectivity index is 1.48. The van der Waals surface area contributed by atoms with Crippen LogP contribution in [0, 0.1) is 23.7 Å². The molecule has 0 radical (unpaired) electrons. The molecule has 48 heavy (non-hydrogen) atoms. The van der Waals surface area contributed by atoms with Crippen LogP contribution in [0.4, 0.5) is 0 Å². The topological polar surface area (TPSA) is 186 Å². The van der Waals surface area contributed by atoms with Crippen LogP contribution < -0.4 is 15.8 Å². The number of phenolic OH excluding ortho intramolecular Hbond substituents is 1. The van der Waals surface area contributed by atoms with Crippen molar-refractivity contribution in [3.05, 3.63) is 47.0 Å². The summed E-state index contributed by atoms with van der Waals surface area (Å²) in [6, 6.07) is 7.67. The molecule has 1 amide bonds. The van der Waals surface area contributed by atoms with Gasteiger partial charge in [-0.25, -0.2) is 0 Å². The molecule has 3 aliphatic rings. The summed E-state index contributed by atoms with van der Waals surface area (Å²) < 4.78 is 11.3. The smallest absolute Gasteiger partial charge is 0.235 e. The van der Waals surface area contributed by atoms with Crippen LogP contribution in [0.25, 0.3) is 11.1 Å². The Labute approximate surface area is 280 Å². The highest BCUT2D eigenvalue weighted by atomic mass is 16.5. The van der Waals surface area contributed by atoms with E-state index in [1.807, 2.05) is 18.2 Å². The van der Waals surface area contributed by atoms with Gasteiger partial charge in [0, 0.05) is 31.2 Å². The molecular weight excluding hydrogens is 618 g/mol. The highest BCUT2D eigenvalue weighted by Crippen LogP contribution is 2.52. The van der Waals surface area contributed by atoms with Crippen molar-refractivity contribution >= 4 is 29.0 Å². The Hall–Kier alpha value is -3.97. The van der Waals surface area contributed by atoms with Gasteiger partial charge in [0.15, 0.2) is 34.7 Å². The molecule has 0 aliphatic heterocycles. The monoisotopic (exact) mass is 663 g/mol. The van der Waals surface area contributed by atoms with E-state index in [0.29, 0.717) is 35.6 Å². The maximum absolute atomic E-state index is 14.2. The van der Waals surface area contributed by atoms with Crippen LogP contribution in [0.3, 0.4) is 0 Å². The summed E-state index contributed by atoms with van der Waals surface area (Å²) >= 11 is 0. The molecule has 3 aliphatic carbocycles. The quantitative estimate of drug-likeness (QED) is 0.181. The van der Waals surface area contributed by atoms with Gasteiger partial charge in [0.2, 0.25) is 5.91 Å². The first-order valence-corrected chi connectivity index (χ1v) is 16.5. The van der Waals surface area contributed by atoms with Gasteiger partial charge in [-0.05, 0) is 87.1 Å². The number of unbranched alkanes of at least 4 members (excludes halogenated alkanes) is 1. The number of fused-ring (bicyclic) bond motifs is 3. The summed E-state index contributed by atoms with van der Waals surface area (Å²) in [6.45, 7) is 4.91. The average Bonchev–Trinajstić information content (AvgIpc) is 3.03. The number of Topliss-reactive ketones (excluding diaryl/α,β-unsaturated/α-hetero) is 4. The van der Waals surface area contributed by atoms with E-state index in [-0.39, 0.29) is 24.2 Å². The summed E-state index contributed by atoms with van der Waals surface area (Å²) in [6.07, 6.45) is 3.13. The number of nitrogens with zero attached hydrogens (tertiary/aromatic N) is 1. The third-order valence-corrected chi connectivity index (χ3v) is 10.1. The molecule has 6 unspecified atom stereocenters. The number of ether oxygens (including phenoxy) is 2. The van der Waals surface area contributed by atoms with Crippen LogP contribution >= 0.6 is 0 Å². The zero-order valence-corrected chi connectivity index (χ0v) is 27.9. The molecule has 0 spiro atoms. The van der Waals surface area contributed by atoms with Gasteiger partial charge in [0.05, 0.1) is 24.6 Å². The van der Waals surface area contributed by atoms with Crippen LogP contribution in [-0.4, -0.2) is 96.8 Å². The first kappa shape index (κ1) is 35.3. The van der Waals surface area contributed by atoms with Gasteiger partial charge in [0.25, 0.3) is 0 Å². The van der Waals surface area contributed by atoms with E-state index in [4.69, 9.17) is 15.2 Å². The predicted octanol–water partition coefficient (Wildman–Crippen LogP) is 1.84. The first-order chi connectivity index (χ1) is 22.9. The van der Waals surface area contributed by atoms with E-state index in [1.165, 1.54) is 11.0 Å². The van der Waals surface area contributed by atoms with Crippen LogP contribution in [0.1, 0.15) is 54.1 Å². The molecule has 12 nitrogen and oxygen atoms in total. The highest BCUT2D eigenvalue weighted by molar-refractivity contribution is 6.32. The minimum absolute atomic E-state index is 0.0256. The Morgan fingerprint density at radius 1 is 1.06 bits per heavy atom. The number of nitrogens with two attached hydrogens (primary N) is 1. The second-order valence-electron chi connectivity index (χ2n) is 13.3. The molecule has 0 aromatic heterocycles. The lowest BCUT2D eigenvalue weighted by atomic mass is 9.52. The lowest BCUT2D eigenvalue weighted by Gasteiger charge is -2.52. The van der Waals surface area contributed by atoms with Gasteiger partial charge >= 0.3 is 0 Å². The summed E-state index contributed by atoms with van der Waals surface area (Å²) in [5.41, 5.74) is 5.39. The van der Waals surface area contributed by atoms with E-state index in [9.17, 15) is 34.2 Å². The first-order valence-electron chi connectivity index (χ1n) is 16.5. The van der Waals surface area contributed by atoms with Crippen molar-refractivity contribution < 1.29 is 43.7 Å². The number of hydrogen-bond donors (Lipinski definition) is 4. The van der Waals surface area contributed by atoms with E-state index in [1.54, 1.807) is 27.3 Å². The Kier molecular flexibility index (Phi) is 10.5. The number of aromatic hydroxyl groups is 1. The van der Waals surface area contributed by atoms with E-state index >= 15 is 0 Å². The number of likely N-dealkylation sites (N-methyl/N-ethyl adjacent to an activating group) is 1. The van der Waals surface area contributed by atoms with Crippen molar-refractivity contribution in [2.75, 3.05) is 41.0 Å². The predicted molar refractivity (Wildman–Crippen MR) is 175 cm³/mol. The Morgan fingerprint density at radius 3 is 2.46 bits per heavy atom. The highest BCUT2D eigenvalue weighted by Gasteiger charge is 2.69. The fraction of sp³-hybridized carbons (Fsp3) is 0.528. The number of phenols is 1. The molecule has 5 N–H and O–H groups in total. The van der Waals surface area contributed by atoms with Crippen molar-refractivity contribution in [3.8, 4) is 22.6 Å². The number of aliphatic hydroxyl groups is 1. The van der Waals surface area contributed by atoms with E-state index in [2.05, 4.69) is 12.2 Å². The Morgan fingerprint density at radius 2 is 1.79 bits per heavy atom. The third-order valence-electron chi connectivity index (χ3n) is 10.1. The molecule has 0 heterocycles. The maximum atomic E-state index is 14.2. The van der Waals surface area contributed by atoms with Crippen molar-refractivity contribution in [2.45, 2.75) is 57.2 Å². The van der Waals surface area contributed by atoms with Crippen molar-refractivity contribution in [2.24, 2.45) is 29.4 Å². The fourth-order valence-electron chi connectivity index (χ4n) is 7.81. The van der Waals surface area contributed by atoms with Crippen LogP contribution in [0.15, 0.2) is 30.3 Å². The molecule has 2 saturated carbocycles. The number of rotatable bonds is 13. The minimum atomic E-state index is -2.77. The molecule has 0 bridgehead atoms. The Bertz CT molecular complexity index is 1620. The number of amides is 1. The van der Waals surface area contributed by atoms with Gasteiger partial charge in [-0.15, -0.1) is 0 Å². The van der Waals surface area contributed by atoms with Crippen LogP contribution in [-0.2, 0) is 36.9 Å². The number of carbonyl (C=O) groups is 5. The summed E-state index contributed by atoms with van der Waals surface area (Å²) in [5, 5.41) is 26.2. The van der Waals surface area contributed by atoms with Gasteiger partial charge in [-0.1, -0.05) is 25.5 Å². The number of hydrogen-bond acceptors (Lipinski definition) is 11. The number of benzene rings is 2. The number of carbonyl (C=O) groups excluding carboxylic acids is 5. The third kappa shape index (κ3) is 6.06. The molecule has 0 saturated heterocycles. The molecule has 258 valence electrons. The maximum Gasteiger partial charge on any atom is 0.235 e. The molecule has 2 fully saturated rings. The van der Waals surface area contributed by atoms with Gasteiger partial charge < -0.3 is 30.7 Å². The molecule has 5 rings (SSSR count). The molecule has 12 heteroatoms. The standard InChI is InChI=1S/C36H45N3O9/c1-5-6-13-48-14-7-12-38-18-19-8-11-26(47-4)22(15-19)21-9-10-25(40)28-23(21)16-20-17-24-30(39(2)3)32(42)29(35(37)45)34(44)36(24,46)33(43)27(20)31(28)41/h8-11,15,20,24,27,29-30,38,40,46H,5-7,12-14,16-18H2,1-4H3,(H2,37,45). The fourth-order valence-corrected chi connectivity index (χ4v) is 7.81. The van der Waals surface area contributed by atoms with Gasteiger partial charge in [-0.3, -0.25) is 28.9 Å². The number of primary amides is 1. The lowest BCUT2D eigenvalue weighted by molar-refractivity contribution is -0.181. The number of ketones is 4. The summed E-state index contributed by atoms with van der Waals surface area (Å²) in [4.78, 5) is 68.9. The van der Waals surface area contributed by atoms with Crippen LogP contribution in [0.2, 0.25) is 0 Å². The van der Waals surface area contributed by atoms with Crippen LogP contribution in [0.5, 0.6) is 11.5 Å². The minimum Gasteiger partial charge on any atom is -0.507 e. The van der Waals surface area contributed by atoms with Crippen molar-refractivity contribution in [3.63, 3.8) is 0 Å². The zero-order chi connectivity index (χ0) is 34.9. The van der Waals surface area contributed by atoms with Gasteiger partial charge in [0.1, 0.15) is 11.5 Å². The largest absolute Gasteiger partial charge is 0.507 e. The molecular formula is C36H45N3O9. The molecule has 2 aromatic rings. The normalized spacial score (nSPS) is 26.7. The average molecular weight is 664 g/mol. The van der Waals surface area contributed by atoms with Crippen molar-refractivity contribution in [1.82, 2.24) is 10.2 Å². The summed E-state index contributed by atoms with van der Waals surface area (Å²) in [5.74, 6) is -10.3. The van der Waals surface area contributed by atoms with E-state index in [0.717, 1.165) is 38.0 Å². The van der Waals surface area contributed by atoms with Crippen molar-refractivity contribution in [1.29, 1.82) is 0 Å². The second-order valence-corrected chi connectivity index (χ2v) is 13.3. The molecule has 6 atom stereocenters.